The smallest absolute Gasteiger partial charge is 0.218 e. The molecule has 0 heterocycles. The number of carbonyl (C=O) groups is 1. The number of benzene rings is 1. The minimum Gasteiger partial charge on any atom is -0.370 e. The first kappa shape index (κ1) is 13.7. The topological polar surface area (TPSA) is 55.1 Å². The van der Waals surface area contributed by atoms with Crippen molar-refractivity contribution in [1.29, 1.82) is 0 Å². The molecule has 0 bridgehead atoms. The summed E-state index contributed by atoms with van der Waals surface area (Å²) in [6, 6.07) is 10.7. The second kappa shape index (κ2) is 7.85. The summed E-state index contributed by atoms with van der Waals surface area (Å²) in [6.07, 6.45) is 3.86. The van der Waals surface area contributed by atoms with Gasteiger partial charge >= 0.3 is 0 Å². The predicted octanol–water partition coefficient (Wildman–Crippen LogP) is 2.38. The van der Waals surface area contributed by atoms with Crippen LogP contribution in [0.1, 0.15) is 44.2 Å². The average molecular weight is 234 g/mol. The molecule has 0 spiro atoms. The Labute approximate surface area is 103 Å². The maximum absolute atomic E-state index is 10.7. The van der Waals surface area contributed by atoms with Crippen LogP contribution < -0.4 is 11.1 Å². The van der Waals surface area contributed by atoms with Crippen LogP contribution in [0.15, 0.2) is 30.3 Å². The molecule has 0 aliphatic heterocycles. The molecule has 1 aromatic rings. The van der Waals surface area contributed by atoms with Crippen molar-refractivity contribution in [3.05, 3.63) is 35.9 Å². The third kappa shape index (κ3) is 5.50. The number of unbranched alkanes of at least 4 members (excludes halogenated alkanes) is 1. The van der Waals surface area contributed by atoms with Gasteiger partial charge in [-0.3, -0.25) is 4.79 Å². The van der Waals surface area contributed by atoms with Gasteiger partial charge in [-0.1, -0.05) is 50.1 Å². The molecule has 17 heavy (non-hydrogen) atoms. The number of rotatable bonds is 8. The Morgan fingerprint density at radius 2 is 2.06 bits per heavy atom. The molecule has 3 heteroatoms. The highest BCUT2D eigenvalue weighted by atomic mass is 16.1. The van der Waals surface area contributed by atoms with E-state index in [1.54, 1.807) is 0 Å². The zero-order valence-electron chi connectivity index (χ0n) is 10.5. The van der Waals surface area contributed by atoms with Crippen LogP contribution in [-0.4, -0.2) is 12.5 Å². The number of carbonyl (C=O) groups excluding carboxylic acids is 1. The first-order chi connectivity index (χ1) is 8.24. The van der Waals surface area contributed by atoms with E-state index < -0.39 is 0 Å². The SMILES string of the molecule is CCCCC(NCCC(N)=O)c1ccccc1. The van der Waals surface area contributed by atoms with Crippen molar-refractivity contribution in [1.82, 2.24) is 5.32 Å². The Hall–Kier alpha value is -1.35. The van der Waals surface area contributed by atoms with Gasteiger partial charge in [0.25, 0.3) is 0 Å². The maximum atomic E-state index is 10.7. The van der Waals surface area contributed by atoms with E-state index in [-0.39, 0.29) is 5.91 Å². The molecule has 3 N–H and O–H groups in total. The third-order valence-electron chi connectivity index (χ3n) is 2.81. The van der Waals surface area contributed by atoms with Gasteiger partial charge in [-0.2, -0.15) is 0 Å². The summed E-state index contributed by atoms with van der Waals surface area (Å²) in [5.41, 5.74) is 6.42. The fourth-order valence-corrected chi connectivity index (χ4v) is 1.85. The monoisotopic (exact) mass is 234 g/mol. The molecule has 0 saturated carbocycles. The van der Waals surface area contributed by atoms with Crippen LogP contribution >= 0.6 is 0 Å². The van der Waals surface area contributed by atoms with Gasteiger partial charge in [-0.15, -0.1) is 0 Å². The fraction of sp³-hybridized carbons (Fsp3) is 0.500. The second-order valence-corrected chi connectivity index (χ2v) is 4.28. The van der Waals surface area contributed by atoms with Crippen LogP contribution in [0, 0.1) is 0 Å². The molecule has 1 unspecified atom stereocenters. The van der Waals surface area contributed by atoms with Crippen LogP contribution in [-0.2, 0) is 4.79 Å². The molecule has 3 nitrogen and oxygen atoms in total. The summed E-state index contributed by atoms with van der Waals surface area (Å²) >= 11 is 0. The highest BCUT2D eigenvalue weighted by Crippen LogP contribution is 2.18. The molecule has 1 rings (SSSR count). The summed E-state index contributed by atoms with van der Waals surface area (Å²) in [5.74, 6) is -0.250. The zero-order chi connectivity index (χ0) is 12.5. The lowest BCUT2D eigenvalue weighted by molar-refractivity contribution is -0.117. The number of primary amides is 1. The molecule has 0 aromatic heterocycles. The van der Waals surface area contributed by atoms with Crippen LogP contribution in [0.4, 0.5) is 0 Å². The molecule has 0 radical (unpaired) electrons. The zero-order valence-corrected chi connectivity index (χ0v) is 10.5. The minimum absolute atomic E-state index is 0.250. The Kier molecular flexibility index (Phi) is 6.33. The van der Waals surface area contributed by atoms with Gasteiger partial charge < -0.3 is 11.1 Å². The third-order valence-corrected chi connectivity index (χ3v) is 2.81. The van der Waals surface area contributed by atoms with Gasteiger partial charge in [0.1, 0.15) is 0 Å². The van der Waals surface area contributed by atoms with Crippen molar-refractivity contribution in [2.24, 2.45) is 5.73 Å². The lowest BCUT2D eigenvalue weighted by Crippen LogP contribution is -2.26. The number of hydrogen-bond donors (Lipinski definition) is 2. The van der Waals surface area contributed by atoms with Gasteiger partial charge in [-0.05, 0) is 12.0 Å². The molecule has 0 aliphatic rings. The molecule has 94 valence electrons. The van der Waals surface area contributed by atoms with E-state index in [4.69, 9.17) is 5.73 Å². The molecule has 0 fully saturated rings. The first-order valence-electron chi connectivity index (χ1n) is 6.30. The largest absolute Gasteiger partial charge is 0.370 e. The van der Waals surface area contributed by atoms with Crippen molar-refractivity contribution < 1.29 is 4.79 Å². The molecule has 1 amide bonds. The first-order valence-corrected chi connectivity index (χ1v) is 6.30. The lowest BCUT2D eigenvalue weighted by atomic mass is 10.0. The molecule has 1 atom stereocenters. The van der Waals surface area contributed by atoms with Gasteiger partial charge in [0.15, 0.2) is 0 Å². The standard InChI is InChI=1S/C14H22N2O/c1-2-3-9-13(16-11-10-14(15)17)12-7-5-4-6-8-12/h4-8,13,16H,2-3,9-11H2,1H3,(H2,15,17). The summed E-state index contributed by atoms with van der Waals surface area (Å²) < 4.78 is 0. The Morgan fingerprint density at radius 3 is 2.65 bits per heavy atom. The van der Waals surface area contributed by atoms with Crippen molar-refractivity contribution in [3.8, 4) is 0 Å². The van der Waals surface area contributed by atoms with Gasteiger partial charge in [0.05, 0.1) is 0 Å². The predicted molar refractivity (Wildman–Crippen MR) is 70.5 cm³/mol. The maximum Gasteiger partial charge on any atom is 0.218 e. The van der Waals surface area contributed by atoms with Crippen molar-refractivity contribution in [2.45, 2.75) is 38.6 Å². The van der Waals surface area contributed by atoms with E-state index in [1.807, 2.05) is 18.2 Å². The quantitative estimate of drug-likeness (QED) is 0.725. The number of amides is 1. The highest BCUT2D eigenvalue weighted by Gasteiger charge is 2.09. The summed E-state index contributed by atoms with van der Waals surface area (Å²) in [5, 5.41) is 3.40. The van der Waals surface area contributed by atoms with E-state index in [0.29, 0.717) is 19.0 Å². The highest BCUT2D eigenvalue weighted by molar-refractivity contribution is 5.73. The molecular formula is C14H22N2O. The molecule has 1 aromatic carbocycles. The van der Waals surface area contributed by atoms with Crippen LogP contribution in [0.3, 0.4) is 0 Å². The van der Waals surface area contributed by atoms with E-state index in [1.165, 1.54) is 18.4 Å². The van der Waals surface area contributed by atoms with Gasteiger partial charge in [-0.25, -0.2) is 0 Å². The summed E-state index contributed by atoms with van der Waals surface area (Å²) in [4.78, 5) is 10.7. The Balaban J connectivity index is 2.51. The number of hydrogen-bond acceptors (Lipinski definition) is 2. The molecule has 0 saturated heterocycles. The normalized spacial score (nSPS) is 12.3. The Bertz CT molecular complexity index is 324. The van der Waals surface area contributed by atoms with Crippen molar-refractivity contribution in [2.75, 3.05) is 6.54 Å². The minimum atomic E-state index is -0.250. The fourth-order valence-electron chi connectivity index (χ4n) is 1.85. The number of nitrogens with one attached hydrogen (secondary N) is 1. The summed E-state index contributed by atoms with van der Waals surface area (Å²) in [6.45, 7) is 2.84. The second-order valence-electron chi connectivity index (χ2n) is 4.28. The molecular weight excluding hydrogens is 212 g/mol. The van der Waals surface area contributed by atoms with Crippen LogP contribution in [0.25, 0.3) is 0 Å². The lowest BCUT2D eigenvalue weighted by Gasteiger charge is -2.18. The average Bonchev–Trinajstić information content (AvgIpc) is 2.34. The van der Waals surface area contributed by atoms with E-state index in [0.717, 1.165) is 6.42 Å². The summed E-state index contributed by atoms with van der Waals surface area (Å²) in [7, 11) is 0. The van der Waals surface area contributed by atoms with Crippen LogP contribution in [0.2, 0.25) is 0 Å². The van der Waals surface area contributed by atoms with Gasteiger partial charge in [0.2, 0.25) is 5.91 Å². The van der Waals surface area contributed by atoms with Gasteiger partial charge in [0, 0.05) is 19.0 Å². The van der Waals surface area contributed by atoms with E-state index >= 15 is 0 Å². The Morgan fingerprint density at radius 1 is 1.35 bits per heavy atom. The number of nitrogens with two attached hydrogens (primary N) is 1. The van der Waals surface area contributed by atoms with Crippen molar-refractivity contribution in [3.63, 3.8) is 0 Å². The molecule has 0 aliphatic carbocycles. The van der Waals surface area contributed by atoms with E-state index in [2.05, 4.69) is 24.4 Å². The van der Waals surface area contributed by atoms with Crippen LogP contribution in [0.5, 0.6) is 0 Å². The van der Waals surface area contributed by atoms with Crippen molar-refractivity contribution >= 4 is 5.91 Å². The van der Waals surface area contributed by atoms with E-state index in [9.17, 15) is 4.79 Å².